The van der Waals surface area contributed by atoms with Crippen molar-refractivity contribution < 1.29 is 14.1 Å². The van der Waals surface area contributed by atoms with Crippen LogP contribution in [0.4, 0.5) is 5.69 Å². The number of anilines is 1. The van der Waals surface area contributed by atoms with Crippen LogP contribution in [0.15, 0.2) is 29.7 Å². The third kappa shape index (κ3) is 4.90. The van der Waals surface area contributed by atoms with Crippen molar-refractivity contribution in [3.63, 3.8) is 0 Å². The van der Waals surface area contributed by atoms with Gasteiger partial charge in [-0.3, -0.25) is 4.79 Å². The summed E-state index contributed by atoms with van der Waals surface area (Å²) in [7, 11) is 3.60. The Labute approximate surface area is 156 Å². The minimum absolute atomic E-state index is 0.0883. The summed E-state index contributed by atoms with van der Waals surface area (Å²) in [4.78, 5) is 13.5. The van der Waals surface area contributed by atoms with E-state index in [0.717, 1.165) is 16.7 Å². The molecule has 0 radical (unpaired) electrons. The Balaban J connectivity index is 2.28. The molecule has 1 fully saturated rings. The predicted molar refractivity (Wildman–Crippen MR) is 108 cm³/mol. The maximum atomic E-state index is 11.4. The predicted octanol–water partition coefficient (Wildman–Crippen LogP) is 4.05. The van der Waals surface area contributed by atoms with E-state index in [1.54, 1.807) is 6.92 Å². The molecule has 0 spiro atoms. The molecule has 1 aromatic carbocycles. The van der Waals surface area contributed by atoms with Crippen LogP contribution in [-0.4, -0.2) is 43.3 Å². The molecule has 1 aromatic rings. The average molecular weight is 361 g/mol. The minimum Gasteiger partial charge on any atom is -0.400 e. The lowest BCUT2D eigenvalue weighted by molar-refractivity contribution is -0.109. The van der Waals surface area contributed by atoms with E-state index in [1.807, 2.05) is 41.8 Å². The van der Waals surface area contributed by atoms with Gasteiger partial charge in [-0.05, 0) is 50.9 Å². The summed E-state index contributed by atoms with van der Waals surface area (Å²) in [6.07, 6.45) is 2.07. The Kier molecular flexibility index (Phi) is 6.07. The van der Waals surface area contributed by atoms with E-state index in [-0.39, 0.29) is 5.12 Å². The third-order valence-corrected chi connectivity index (χ3v) is 5.64. The average Bonchev–Trinajstić information content (AvgIpc) is 2.72. The molecule has 0 saturated carbocycles. The molecule has 2 rings (SSSR count). The minimum atomic E-state index is -0.439. The summed E-state index contributed by atoms with van der Waals surface area (Å²) < 4.78 is 12.3. The molecule has 0 amide bonds. The summed E-state index contributed by atoms with van der Waals surface area (Å²) >= 11 is 1.28. The van der Waals surface area contributed by atoms with Crippen LogP contribution in [0.5, 0.6) is 0 Å². The molecule has 6 heteroatoms. The largest absolute Gasteiger partial charge is 0.491 e. The van der Waals surface area contributed by atoms with Crippen LogP contribution in [0.2, 0.25) is 0 Å². The van der Waals surface area contributed by atoms with Crippen molar-refractivity contribution in [3.05, 3.63) is 35.3 Å². The van der Waals surface area contributed by atoms with Gasteiger partial charge in [-0.25, -0.2) is 0 Å². The van der Waals surface area contributed by atoms with Gasteiger partial charge in [0.15, 0.2) is 5.12 Å². The monoisotopic (exact) mass is 361 g/mol. The highest BCUT2D eigenvalue weighted by Gasteiger charge is 2.52. The van der Waals surface area contributed by atoms with Crippen molar-refractivity contribution in [2.24, 2.45) is 0 Å². The van der Waals surface area contributed by atoms with Gasteiger partial charge in [0.2, 0.25) is 0 Å². The molecule has 0 aliphatic carbocycles. The van der Waals surface area contributed by atoms with Crippen molar-refractivity contribution >= 4 is 35.8 Å². The molecule has 0 aromatic heterocycles. The second-order valence-corrected chi connectivity index (χ2v) is 8.73. The van der Waals surface area contributed by atoms with Gasteiger partial charge in [-0.15, -0.1) is 0 Å². The van der Waals surface area contributed by atoms with Crippen molar-refractivity contribution in [1.82, 2.24) is 0 Å². The van der Waals surface area contributed by atoms with Gasteiger partial charge in [0.05, 0.1) is 11.2 Å². The number of hydrogen-bond acceptors (Lipinski definition) is 5. The number of benzene rings is 1. The molecule has 0 bridgehead atoms. The fraction of sp³-hybridized carbons (Fsp3) is 0.526. The number of hydrogen-bond donors (Lipinski definition) is 0. The van der Waals surface area contributed by atoms with Crippen LogP contribution in [0.25, 0.3) is 6.08 Å². The van der Waals surface area contributed by atoms with E-state index >= 15 is 0 Å². The van der Waals surface area contributed by atoms with E-state index in [9.17, 15) is 4.79 Å². The highest BCUT2D eigenvalue weighted by atomic mass is 32.2. The molecule has 0 unspecified atom stereocenters. The van der Waals surface area contributed by atoms with E-state index in [4.69, 9.17) is 9.31 Å². The van der Waals surface area contributed by atoms with Crippen molar-refractivity contribution in [1.29, 1.82) is 0 Å². The lowest BCUT2D eigenvalue weighted by Crippen LogP contribution is -2.41. The number of carbonyl (C=O) groups excluding carboxylic acids is 1. The summed E-state index contributed by atoms with van der Waals surface area (Å²) in [5.74, 6) is 0.557. The van der Waals surface area contributed by atoms with E-state index in [0.29, 0.717) is 5.75 Å². The highest BCUT2D eigenvalue weighted by molar-refractivity contribution is 8.13. The quantitative estimate of drug-likeness (QED) is 0.740. The van der Waals surface area contributed by atoms with Crippen LogP contribution >= 0.6 is 11.8 Å². The summed E-state index contributed by atoms with van der Waals surface area (Å²) in [5.41, 5.74) is 2.39. The molecule has 136 valence electrons. The number of carbonyl (C=O) groups is 1. The highest BCUT2D eigenvalue weighted by Crippen LogP contribution is 2.39. The maximum absolute atomic E-state index is 11.4. The molecule has 0 atom stereocenters. The zero-order valence-electron chi connectivity index (χ0n) is 16.3. The Morgan fingerprint density at radius 2 is 1.64 bits per heavy atom. The SMILES string of the molecule is CC(=O)SCC(=Cc1ccc(N(C)C)cc1)B1OC(C)(C)C(C)(C)O1. The fourth-order valence-electron chi connectivity index (χ4n) is 2.44. The number of rotatable bonds is 5. The second kappa shape index (κ2) is 7.56. The summed E-state index contributed by atoms with van der Waals surface area (Å²) in [6, 6.07) is 8.29. The standard InChI is InChI=1S/C19H28BNO3S/c1-14(22)25-13-16(20-23-18(2,3)19(4,5)24-20)12-15-8-10-17(11-9-15)21(6)7/h8-12H,13H2,1-7H3. The molecule has 1 aliphatic rings. The lowest BCUT2D eigenvalue weighted by Gasteiger charge is -2.32. The maximum Gasteiger partial charge on any atom is 0.491 e. The van der Waals surface area contributed by atoms with Crippen LogP contribution < -0.4 is 4.90 Å². The number of thioether (sulfide) groups is 1. The molecule has 1 aliphatic heterocycles. The van der Waals surface area contributed by atoms with E-state index < -0.39 is 18.3 Å². The van der Waals surface area contributed by atoms with Gasteiger partial charge in [0.1, 0.15) is 0 Å². The molecule has 0 N–H and O–H groups in total. The zero-order valence-corrected chi connectivity index (χ0v) is 17.1. The molecule has 1 heterocycles. The fourth-order valence-corrected chi connectivity index (χ4v) is 3.03. The smallest absolute Gasteiger partial charge is 0.400 e. The first kappa shape index (κ1) is 20.1. The zero-order chi connectivity index (χ0) is 18.8. The Morgan fingerprint density at radius 1 is 1.12 bits per heavy atom. The Bertz CT molecular complexity index is 637. The second-order valence-electron chi connectivity index (χ2n) is 7.57. The van der Waals surface area contributed by atoms with Gasteiger partial charge < -0.3 is 14.2 Å². The third-order valence-electron chi connectivity index (χ3n) is 4.76. The molecule has 4 nitrogen and oxygen atoms in total. The Hall–Kier alpha value is -1.24. The first-order valence-electron chi connectivity index (χ1n) is 8.49. The van der Waals surface area contributed by atoms with Gasteiger partial charge in [-0.1, -0.05) is 30.0 Å². The number of nitrogens with zero attached hydrogens (tertiary/aromatic N) is 1. The van der Waals surface area contributed by atoms with Crippen LogP contribution in [0.3, 0.4) is 0 Å². The first-order chi connectivity index (χ1) is 11.5. The van der Waals surface area contributed by atoms with Crippen molar-refractivity contribution in [3.8, 4) is 0 Å². The summed E-state index contributed by atoms with van der Waals surface area (Å²) in [6.45, 7) is 9.73. The van der Waals surface area contributed by atoms with Gasteiger partial charge in [0, 0.05) is 32.5 Å². The lowest BCUT2D eigenvalue weighted by atomic mass is 9.78. The van der Waals surface area contributed by atoms with Crippen molar-refractivity contribution in [2.45, 2.75) is 45.8 Å². The van der Waals surface area contributed by atoms with Crippen LogP contribution in [-0.2, 0) is 14.1 Å². The van der Waals surface area contributed by atoms with E-state index in [1.165, 1.54) is 11.8 Å². The van der Waals surface area contributed by atoms with Crippen molar-refractivity contribution in [2.75, 3.05) is 24.7 Å². The van der Waals surface area contributed by atoms with E-state index in [2.05, 4.69) is 35.2 Å². The van der Waals surface area contributed by atoms with Crippen LogP contribution in [0, 0.1) is 0 Å². The Morgan fingerprint density at radius 3 is 2.08 bits per heavy atom. The summed E-state index contributed by atoms with van der Waals surface area (Å²) in [5, 5.41) is 0.0883. The molecule has 25 heavy (non-hydrogen) atoms. The van der Waals surface area contributed by atoms with Crippen LogP contribution in [0.1, 0.15) is 40.2 Å². The molecule has 1 saturated heterocycles. The molecular formula is C19H28BNO3S. The topological polar surface area (TPSA) is 38.8 Å². The normalized spacial score (nSPS) is 19.2. The van der Waals surface area contributed by atoms with Gasteiger partial charge in [0.25, 0.3) is 0 Å². The van der Waals surface area contributed by atoms with Gasteiger partial charge >= 0.3 is 7.12 Å². The first-order valence-corrected chi connectivity index (χ1v) is 9.47. The molecular weight excluding hydrogens is 333 g/mol. The van der Waals surface area contributed by atoms with Gasteiger partial charge in [-0.2, -0.15) is 0 Å².